The Bertz CT molecular complexity index is 1100. The first-order valence-corrected chi connectivity index (χ1v) is 9.23. The second kappa shape index (κ2) is 6.58. The summed E-state index contributed by atoms with van der Waals surface area (Å²) in [6, 6.07) is 14.5. The lowest BCUT2D eigenvalue weighted by molar-refractivity contribution is 0.547. The third kappa shape index (κ3) is 3.21. The topological polar surface area (TPSA) is 55.4 Å². The van der Waals surface area contributed by atoms with Gasteiger partial charge in [-0.25, -0.2) is 9.97 Å². The van der Waals surface area contributed by atoms with Crippen LogP contribution in [-0.2, 0) is 0 Å². The summed E-state index contributed by atoms with van der Waals surface area (Å²) in [6.07, 6.45) is 0. The Balaban J connectivity index is 1.86. The Labute approximate surface area is 159 Å². The van der Waals surface area contributed by atoms with Crippen LogP contribution in [0.15, 0.2) is 46.9 Å². The maximum atomic E-state index is 5.85. The highest BCUT2D eigenvalue weighted by Crippen LogP contribution is 2.33. The molecule has 3 aromatic heterocycles. The predicted octanol–water partition coefficient (Wildman–Crippen LogP) is 5.78. The van der Waals surface area contributed by atoms with Crippen molar-refractivity contribution in [2.24, 2.45) is 0 Å². The summed E-state index contributed by atoms with van der Waals surface area (Å²) in [4.78, 5) is 9.35. The van der Waals surface area contributed by atoms with Crippen LogP contribution in [0.1, 0.15) is 42.5 Å². The van der Waals surface area contributed by atoms with Gasteiger partial charge in [0.2, 0.25) is 5.78 Å². The number of fused-ring (bicyclic) bond motifs is 1. The first-order valence-electron chi connectivity index (χ1n) is 9.23. The summed E-state index contributed by atoms with van der Waals surface area (Å²) in [5.41, 5.74) is 5.10. The molecule has 0 aliphatic heterocycles. The van der Waals surface area contributed by atoms with Crippen LogP contribution in [0, 0.1) is 20.8 Å². The molecule has 1 N–H and O–H groups in total. The van der Waals surface area contributed by atoms with Gasteiger partial charge >= 0.3 is 0 Å². The van der Waals surface area contributed by atoms with Crippen LogP contribution < -0.4 is 5.32 Å². The van der Waals surface area contributed by atoms with Gasteiger partial charge in [0.15, 0.2) is 11.5 Å². The van der Waals surface area contributed by atoms with Gasteiger partial charge in [-0.15, -0.1) is 0 Å². The second-order valence-corrected chi connectivity index (χ2v) is 7.30. The molecular formula is C22H24N4O. The summed E-state index contributed by atoms with van der Waals surface area (Å²) in [7, 11) is 0. The average Bonchev–Trinajstić information content (AvgIpc) is 3.19. The van der Waals surface area contributed by atoms with Crippen molar-refractivity contribution in [1.82, 2.24) is 14.4 Å². The molecule has 3 heterocycles. The largest absolute Gasteiger partial charge is 0.460 e. The number of aromatic nitrogens is 3. The van der Waals surface area contributed by atoms with Crippen molar-refractivity contribution in [1.29, 1.82) is 0 Å². The smallest absolute Gasteiger partial charge is 0.236 e. The van der Waals surface area contributed by atoms with E-state index in [-0.39, 0.29) is 0 Å². The van der Waals surface area contributed by atoms with Gasteiger partial charge in [-0.05, 0) is 62.6 Å². The lowest BCUT2D eigenvalue weighted by Gasteiger charge is -2.11. The van der Waals surface area contributed by atoms with Crippen molar-refractivity contribution in [2.75, 3.05) is 5.32 Å². The lowest BCUT2D eigenvalue weighted by atomic mass is 10.0. The Hall–Kier alpha value is -3.08. The Morgan fingerprint density at radius 2 is 1.70 bits per heavy atom. The molecule has 0 bridgehead atoms. The highest BCUT2D eigenvalue weighted by molar-refractivity contribution is 5.77. The van der Waals surface area contributed by atoms with E-state index >= 15 is 0 Å². The van der Waals surface area contributed by atoms with E-state index in [1.54, 1.807) is 0 Å². The fraction of sp³-hybridized carbons (Fsp3) is 0.273. The highest BCUT2D eigenvalue weighted by atomic mass is 16.3. The molecule has 0 saturated heterocycles. The number of aryl methyl sites for hydroxylation is 3. The van der Waals surface area contributed by atoms with Crippen molar-refractivity contribution in [3.8, 4) is 11.5 Å². The molecule has 0 atom stereocenters. The lowest BCUT2D eigenvalue weighted by Crippen LogP contribution is -2.01. The molecule has 5 heteroatoms. The highest BCUT2D eigenvalue weighted by Gasteiger charge is 2.19. The quantitative estimate of drug-likeness (QED) is 0.501. The SMILES string of the molecule is Cc1cc(C)n2c(Nc3ccc(C(C)C)cc3)c(-c3ccc(C)o3)nc2n1. The van der Waals surface area contributed by atoms with Gasteiger partial charge < -0.3 is 9.73 Å². The van der Waals surface area contributed by atoms with E-state index in [4.69, 9.17) is 9.40 Å². The van der Waals surface area contributed by atoms with Crippen molar-refractivity contribution in [3.63, 3.8) is 0 Å². The molecule has 0 saturated carbocycles. The summed E-state index contributed by atoms with van der Waals surface area (Å²) < 4.78 is 7.89. The average molecular weight is 360 g/mol. The van der Waals surface area contributed by atoms with Crippen LogP contribution in [0.4, 0.5) is 11.5 Å². The molecule has 0 spiro atoms. The summed E-state index contributed by atoms with van der Waals surface area (Å²) in [5.74, 6) is 3.62. The van der Waals surface area contributed by atoms with E-state index in [1.165, 1.54) is 5.56 Å². The van der Waals surface area contributed by atoms with Crippen molar-refractivity contribution in [3.05, 3.63) is 65.2 Å². The molecule has 0 unspecified atom stereocenters. The number of nitrogens with zero attached hydrogens (tertiary/aromatic N) is 3. The molecular weight excluding hydrogens is 336 g/mol. The van der Waals surface area contributed by atoms with E-state index in [1.807, 2.05) is 30.4 Å². The maximum absolute atomic E-state index is 5.85. The van der Waals surface area contributed by atoms with Gasteiger partial charge in [-0.1, -0.05) is 26.0 Å². The van der Waals surface area contributed by atoms with E-state index in [2.05, 4.69) is 61.4 Å². The normalized spacial score (nSPS) is 11.5. The molecule has 1 aromatic carbocycles. The molecule has 0 radical (unpaired) electrons. The van der Waals surface area contributed by atoms with Crippen LogP contribution in [0.3, 0.4) is 0 Å². The number of nitrogens with one attached hydrogen (secondary N) is 1. The van der Waals surface area contributed by atoms with E-state index < -0.39 is 0 Å². The number of benzene rings is 1. The summed E-state index contributed by atoms with van der Waals surface area (Å²) >= 11 is 0. The molecule has 5 nitrogen and oxygen atoms in total. The standard InChI is InChI=1S/C22H24N4O/c1-13(2)17-7-9-18(10-8-17)24-21-20(19-11-6-16(5)27-19)25-22-23-14(3)12-15(4)26(21)22/h6-13,24H,1-5H3. The van der Waals surface area contributed by atoms with Crippen molar-refractivity contribution < 1.29 is 4.42 Å². The zero-order valence-corrected chi connectivity index (χ0v) is 16.4. The van der Waals surface area contributed by atoms with Crippen molar-refractivity contribution >= 4 is 17.3 Å². The van der Waals surface area contributed by atoms with E-state index in [0.717, 1.165) is 40.1 Å². The molecule has 0 fully saturated rings. The molecule has 0 amide bonds. The fourth-order valence-electron chi connectivity index (χ4n) is 3.31. The first-order chi connectivity index (χ1) is 12.9. The third-order valence-corrected chi connectivity index (χ3v) is 4.72. The second-order valence-electron chi connectivity index (χ2n) is 7.30. The van der Waals surface area contributed by atoms with Crippen LogP contribution in [0.25, 0.3) is 17.2 Å². The minimum absolute atomic E-state index is 0.505. The van der Waals surface area contributed by atoms with E-state index in [0.29, 0.717) is 11.7 Å². The minimum Gasteiger partial charge on any atom is -0.460 e. The zero-order valence-electron chi connectivity index (χ0n) is 16.4. The number of furan rings is 1. The molecule has 4 aromatic rings. The minimum atomic E-state index is 0.505. The monoisotopic (exact) mass is 360 g/mol. The van der Waals surface area contributed by atoms with Gasteiger partial charge in [-0.3, -0.25) is 4.40 Å². The van der Waals surface area contributed by atoms with E-state index in [9.17, 15) is 0 Å². The number of imidazole rings is 1. The van der Waals surface area contributed by atoms with Crippen LogP contribution in [0.5, 0.6) is 0 Å². The third-order valence-electron chi connectivity index (χ3n) is 4.72. The van der Waals surface area contributed by atoms with Gasteiger partial charge in [0.25, 0.3) is 0 Å². The number of anilines is 2. The first kappa shape index (κ1) is 17.3. The number of hydrogen-bond acceptors (Lipinski definition) is 4. The number of hydrogen-bond donors (Lipinski definition) is 1. The fourth-order valence-corrected chi connectivity index (χ4v) is 3.31. The molecule has 0 aliphatic carbocycles. The molecule has 4 rings (SSSR count). The predicted molar refractivity (Wildman–Crippen MR) is 109 cm³/mol. The molecule has 27 heavy (non-hydrogen) atoms. The van der Waals surface area contributed by atoms with Crippen LogP contribution >= 0.6 is 0 Å². The Kier molecular flexibility index (Phi) is 4.22. The molecule has 138 valence electrons. The van der Waals surface area contributed by atoms with Gasteiger partial charge in [0, 0.05) is 17.1 Å². The molecule has 0 aliphatic rings. The zero-order chi connectivity index (χ0) is 19.1. The number of rotatable bonds is 4. The van der Waals surface area contributed by atoms with Crippen LogP contribution in [0.2, 0.25) is 0 Å². The van der Waals surface area contributed by atoms with Gasteiger partial charge in [0.05, 0.1) is 0 Å². The van der Waals surface area contributed by atoms with Gasteiger partial charge in [-0.2, -0.15) is 0 Å². The Morgan fingerprint density at radius 3 is 2.33 bits per heavy atom. The summed E-state index contributed by atoms with van der Waals surface area (Å²) in [6.45, 7) is 10.4. The summed E-state index contributed by atoms with van der Waals surface area (Å²) in [5, 5.41) is 3.53. The van der Waals surface area contributed by atoms with Crippen molar-refractivity contribution in [2.45, 2.75) is 40.5 Å². The van der Waals surface area contributed by atoms with Gasteiger partial charge in [0.1, 0.15) is 11.6 Å². The maximum Gasteiger partial charge on any atom is 0.236 e. The Morgan fingerprint density at radius 1 is 0.963 bits per heavy atom. The van der Waals surface area contributed by atoms with Crippen LogP contribution in [-0.4, -0.2) is 14.4 Å².